The Bertz CT molecular complexity index is 628. The zero-order valence-electron chi connectivity index (χ0n) is 12.1. The lowest BCUT2D eigenvalue weighted by Crippen LogP contribution is -2.25. The van der Waals surface area contributed by atoms with E-state index in [1.165, 1.54) is 6.07 Å². The lowest BCUT2D eigenvalue weighted by Gasteiger charge is -2.22. The molecule has 0 radical (unpaired) electrons. The Morgan fingerprint density at radius 2 is 1.86 bits per heavy atom. The molecule has 112 valence electrons. The standard InChI is InChI=1S/C17H18ClF2N/c1-3-8-21-17(14-6-4-12(18)9-11(14)2)15-10-13(19)5-7-16(15)20/h4-7,9-10,17,21H,3,8H2,1-2H3. The molecule has 0 saturated heterocycles. The van der Waals surface area contributed by atoms with Gasteiger partial charge in [0.25, 0.3) is 0 Å². The van der Waals surface area contributed by atoms with Crippen LogP contribution in [0.2, 0.25) is 5.02 Å². The van der Waals surface area contributed by atoms with Crippen LogP contribution in [0.25, 0.3) is 0 Å². The van der Waals surface area contributed by atoms with Crippen LogP contribution in [-0.4, -0.2) is 6.54 Å². The second-order valence-corrected chi connectivity index (χ2v) is 5.49. The topological polar surface area (TPSA) is 12.0 Å². The number of nitrogens with one attached hydrogen (secondary N) is 1. The Labute approximate surface area is 128 Å². The van der Waals surface area contributed by atoms with Gasteiger partial charge in [-0.05, 0) is 61.3 Å². The van der Waals surface area contributed by atoms with Crippen LogP contribution in [0.5, 0.6) is 0 Å². The fraction of sp³-hybridized carbons (Fsp3) is 0.294. The van der Waals surface area contributed by atoms with Crippen LogP contribution in [-0.2, 0) is 0 Å². The van der Waals surface area contributed by atoms with Crippen LogP contribution in [0.15, 0.2) is 36.4 Å². The lowest BCUT2D eigenvalue weighted by molar-refractivity contribution is 0.534. The van der Waals surface area contributed by atoms with Crippen LogP contribution < -0.4 is 5.32 Å². The summed E-state index contributed by atoms with van der Waals surface area (Å²) in [7, 11) is 0. The van der Waals surface area contributed by atoms with Crippen molar-refractivity contribution in [1.82, 2.24) is 5.32 Å². The van der Waals surface area contributed by atoms with Gasteiger partial charge in [0.05, 0.1) is 6.04 Å². The van der Waals surface area contributed by atoms with Crippen molar-refractivity contribution in [1.29, 1.82) is 0 Å². The summed E-state index contributed by atoms with van der Waals surface area (Å²) in [5.41, 5.74) is 2.16. The predicted octanol–water partition coefficient (Wildman–Crippen LogP) is 5.02. The monoisotopic (exact) mass is 309 g/mol. The van der Waals surface area contributed by atoms with Crippen molar-refractivity contribution in [2.45, 2.75) is 26.3 Å². The van der Waals surface area contributed by atoms with Crippen molar-refractivity contribution < 1.29 is 8.78 Å². The molecule has 2 rings (SSSR count). The van der Waals surface area contributed by atoms with Gasteiger partial charge < -0.3 is 5.32 Å². The molecule has 1 atom stereocenters. The smallest absolute Gasteiger partial charge is 0.128 e. The molecule has 1 N–H and O–H groups in total. The highest BCUT2D eigenvalue weighted by Gasteiger charge is 2.19. The number of aryl methyl sites for hydroxylation is 1. The number of hydrogen-bond acceptors (Lipinski definition) is 1. The third kappa shape index (κ3) is 3.80. The highest BCUT2D eigenvalue weighted by atomic mass is 35.5. The Balaban J connectivity index is 2.49. The fourth-order valence-corrected chi connectivity index (χ4v) is 2.60. The van der Waals surface area contributed by atoms with Gasteiger partial charge in [-0.2, -0.15) is 0 Å². The summed E-state index contributed by atoms with van der Waals surface area (Å²) in [6.07, 6.45) is 0.903. The van der Waals surface area contributed by atoms with Gasteiger partial charge in [0.1, 0.15) is 11.6 Å². The summed E-state index contributed by atoms with van der Waals surface area (Å²) in [6, 6.07) is 8.60. The Morgan fingerprint density at radius 1 is 1.10 bits per heavy atom. The molecule has 0 heterocycles. The van der Waals surface area contributed by atoms with Crippen LogP contribution >= 0.6 is 11.6 Å². The molecule has 0 aliphatic heterocycles. The molecule has 0 saturated carbocycles. The van der Waals surface area contributed by atoms with E-state index in [1.807, 2.05) is 26.0 Å². The van der Waals surface area contributed by atoms with Gasteiger partial charge in [0.2, 0.25) is 0 Å². The second kappa shape index (κ2) is 7.01. The quantitative estimate of drug-likeness (QED) is 0.818. The first-order valence-corrected chi connectivity index (χ1v) is 7.35. The maximum Gasteiger partial charge on any atom is 0.128 e. The molecule has 1 nitrogen and oxygen atoms in total. The summed E-state index contributed by atoms with van der Waals surface area (Å²) in [4.78, 5) is 0. The first-order valence-electron chi connectivity index (χ1n) is 6.97. The number of rotatable bonds is 5. The molecule has 2 aromatic carbocycles. The molecule has 0 aliphatic carbocycles. The fourth-order valence-electron chi connectivity index (χ4n) is 2.37. The van der Waals surface area contributed by atoms with E-state index >= 15 is 0 Å². The van der Waals surface area contributed by atoms with E-state index in [0.717, 1.165) is 29.7 Å². The molecule has 0 amide bonds. The van der Waals surface area contributed by atoms with E-state index in [9.17, 15) is 8.78 Å². The van der Waals surface area contributed by atoms with E-state index in [0.29, 0.717) is 17.1 Å². The number of benzene rings is 2. The normalized spacial score (nSPS) is 12.4. The number of hydrogen-bond donors (Lipinski definition) is 1. The summed E-state index contributed by atoms with van der Waals surface area (Å²) < 4.78 is 27.6. The Morgan fingerprint density at radius 3 is 2.52 bits per heavy atom. The summed E-state index contributed by atoms with van der Waals surface area (Å²) in [5.74, 6) is -0.860. The molecule has 0 aliphatic rings. The van der Waals surface area contributed by atoms with E-state index in [2.05, 4.69) is 5.32 Å². The minimum absolute atomic E-state index is 0.314. The maximum atomic E-state index is 14.1. The second-order valence-electron chi connectivity index (χ2n) is 5.05. The van der Waals surface area contributed by atoms with Crippen molar-refractivity contribution in [2.75, 3.05) is 6.54 Å². The number of halogens is 3. The maximum absolute atomic E-state index is 14.1. The van der Waals surface area contributed by atoms with Crippen molar-refractivity contribution in [2.24, 2.45) is 0 Å². The van der Waals surface area contributed by atoms with Gasteiger partial charge in [-0.15, -0.1) is 0 Å². The lowest BCUT2D eigenvalue weighted by atomic mass is 9.94. The summed E-state index contributed by atoms with van der Waals surface area (Å²) in [5, 5.41) is 3.91. The Hall–Kier alpha value is -1.45. The summed E-state index contributed by atoms with van der Waals surface area (Å²) >= 11 is 5.97. The van der Waals surface area contributed by atoms with Gasteiger partial charge in [-0.3, -0.25) is 0 Å². The molecule has 1 unspecified atom stereocenters. The van der Waals surface area contributed by atoms with E-state index in [1.54, 1.807) is 6.07 Å². The summed E-state index contributed by atoms with van der Waals surface area (Å²) in [6.45, 7) is 4.66. The third-order valence-corrected chi connectivity index (χ3v) is 3.65. The average Bonchev–Trinajstić information content (AvgIpc) is 2.44. The highest BCUT2D eigenvalue weighted by molar-refractivity contribution is 6.30. The molecule has 4 heteroatoms. The van der Waals surface area contributed by atoms with Gasteiger partial charge >= 0.3 is 0 Å². The van der Waals surface area contributed by atoms with Crippen LogP contribution in [0.1, 0.15) is 36.1 Å². The first-order chi connectivity index (χ1) is 10.0. The molecule has 0 fully saturated rings. The Kier molecular flexibility index (Phi) is 5.32. The minimum Gasteiger partial charge on any atom is -0.306 e. The SMILES string of the molecule is CCCNC(c1ccc(Cl)cc1C)c1cc(F)ccc1F. The molecule has 21 heavy (non-hydrogen) atoms. The molecular formula is C17H18ClF2N. The highest BCUT2D eigenvalue weighted by Crippen LogP contribution is 2.29. The molecular weight excluding hydrogens is 292 g/mol. The van der Waals surface area contributed by atoms with Crippen molar-refractivity contribution in [3.63, 3.8) is 0 Å². The van der Waals surface area contributed by atoms with Gasteiger partial charge in [-0.25, -0.2) is 8.78 Å². The first kappa shape index (κ1) is 15.9. The van der Waals surface area contributed by atoms with Crippen molar-refractivity contribution in [3.05, 3.63) is 69.7 Å². The predicted molar refractivity (Wildman–Crippen MR) is 82.7 cm³/mol. The largest absolute Gasteiger partial charge is 0.306 e. The molecule has 0 bridgehead atoms. The van der Waals surface area contributed by atoms with Crippen molar-refractivity contribution in [3.8, 4) is 0 Å². The van der Waals surface area contributed by atoms with Crippen LogP contribution in [0.3, 0.4) is 0 Å². The zero-order valence-corrected chi connectivity index (χ0v) is 12.8. The zero-order chi connectivity index (χ0) is 15.4. The van der Waals surface area contributed by atoms with E-state index in [4.69, 9.17) is 11.6 Å². The molecule has 0 aromatic heterocycles. The molecule has 2 aromatic rings. The van der Waals surface area contributed by atoms with Crippen LogP contribution in [0, 0.1) is 18.6 Å². The van der Waals surface area contributed by atoms with Gasteiger partial charge in [0.15, 0.2) is 0 Å². The average molecular weight is 310 g/mol. The van der Waals surface area contributed by atoms with E-state index < -0.39 is 17.7 Å². The van der Waals surface area contributed by atoms with Gasteiger partial charge in [0, 0.05) is 10.6 Å². The van der Waals surface area contributed by atoms with E-state index in [-0.39, 0.29) is 0 Å². The van der Waals surface area contributed by atoms with Crippen LogP contribution in [0.4, 0.5) is 8.78 Å². The molecule has 0 spiro atoms. The van der Waals surface area contributed by atoms with Crippen molar-refractivity contribution >= 4 is 11.6 Å². The van der Waals surface area contributed by atoms with Gasteiger partial charge in [-0.1, -0.05) is 24.6 Å². The third-order valence-electron chi connectivity index (χ3n) is 3.41. The minimum atomic E-state index is -0.443.